The van der Waals surface area contributed by atoms with Crippen LogP contribution in [0.3, 0.4) is 0 Å². The summed E-state index contributed by atoms with van der Waals surface area (Å²) in [4.78, 5) is 8.99. The van der Waals surface area contributed by atoms with Gasteiger partial charge in [-0.2, -0.15) is 0 Å². The van der Waals surface area contributed by atoms with Crippen molar-refractivity contribution in [2.75, 3.05) is 24.3 Å². The standard InChI is InChI=1S/C16H28N4O/c1-5-21-10-16-19-14(17-4)9-15(20-16)18-13-7-6-11(2)12(3)8-13/h9,11-13H,5-8,10H2,1-4H3,(H2,17,18,19,20). The van der Waals surface area contributed by atoms with Crippen molar-refractivity contribution in [2.24, 2.45) is 11.8 Å². The molecular formula is C16H28N4O. The van der Waals surface area contributed by atoms with Crippen LogP contribution in [-0.4, -0.2) is 29.7 Å². The molecule has 1 heterocycles. The smallest absolute Gasteiger partial charge is 0.158 e. The molecule has 0 aromatic carbocycles. The van der Waals surface area contributed by atoms with Crippen LogP contribution in [0.1, 0.15) is 45.9 Å². The zero-order chi connectivity index (χ0) is 15.2. The molecule has 3 unspecified atom stereocenters. The highest BCUT2D eigenvalue weighted by molar-refractivity contribution is 5.47. The van der Waals surface area contributed by atoms with Crippen molar-refractivity contribution in [1.82, 2.24) is 9.97 Å². The number of nitrogens with one attached hydrogen (secondary N) is 2. The Hall–Kier alpha value is -1.36. The second kappa shape index (κ2) is 7.59. The molecule has 0 spiro atoms. The molecule has 3 atom stereocenters. The SMILES string of the molecule is CCOCc1nc(NC)cc(NC2CCC(C)C(C)C2)n1. The van der Waals surface area contributed by atoms with E-state index in [-0.39, 0.29) is 0 Å². The third kappa shape index (κ3) is 4.56. The minimum absolute atomic E-state index is 0.457. The number of hydrogen-bond acceptors (Lipinski definition) is 5. The predicted octanol–water partition coefficient (Wildman–Crippen LogP) is 3.29. The van der Waals surface area contributed by atoms with Gasteiger partial charge in [0.2, 0.25) is 0 Å². The third-order valence-electron chi connectivity index (χ3n) is 4.41. The van der Waals surface area contributed by atoms with Crippen LogP contribution in [0.2, 0.25) is 0 Å². The minimum atomic E-state index is 0.457. The number of aromatic nitrogens is 2. The molecule has 0 saturated heterocycles. The van der Waals surface area contributed by atoms with Gasteiger partial charge in [0.25, 0.3) is 0 Å². The minimum Gasteiger partial charge on any atom is -0.374 e. The van der Waals surface area contributed by atoms with Crippen molar-refractivity contribution in [3.63, 3.8) is 0 Å². The summed E-state index contributed by atoms with van der Waals surface area (Å²) < 4.78 is 5.41. The molecule has 1 aliphatic carbocycles. The lowest BCUT2D eigenvalue weighted by Gasteiger charge is -2.32. The Morgan fingerprint density at radius 3 is 2.62 bits per heavy atom. The molecule has 1 aromatic heterocycles. The van der Waals surface area contributed by atoms with Crippen LogP contribution in [0.5, 0.6) is 0 Å². The molecular weight excluding hydrogens is 264 g/mol. The number of anilines is 2. The normalized spacial score (nSPS) is 25.6. The van der Waals surface area contributed by atoms with Crippen molar-refractivity contribution in [1.29, 1.82) is 0 Å². The summed E-state index contributed by atoms with van der Waals surface area (Å²) in [6, 6.07) is 2.48. The largest absolute Gasteiger partial charge is 0.374 e. The van der Waals surface area contributed by atoms with E-state index in [0.717, 1.165) is 29.3 Å². The molecule has 1 saturated carbocycles. The summed E-state index contributed by atoms with van der Waals surface area (Å²) in [5.74, 6) is 4.05. The summed E-state index contributed by atoms with van der Waals surface area (Å²) in [5, 5.41) is 6.67. The van der Waals surface area contributed by atoms with Crippen molar-refractivity contribution < 1.29 is 4.74 Å². The Balaban J connectivity index is 2.04. The van der Waals surface area contributed by atoms with E-state index in [2.05, 4.69) is 34.4 Å². The molecule has 0 bridgehead atoms. The molecule has 0 aliphatic heterocycles. The molecule has 1 fully saturated rings. The monoisotopic (exact) mass is 292 g/mol. The number of rotatable bonds is 6. The molecule has 2 N–H and O–H groups in total. The first-order chi connectivity index (χ1) is 10.1. The van der Waals surface area contributed by atoms with Crippen molar-refractivity contribution in [3.8, 4) is 0 Å². The Morgan fingerprint density at radius 2 is 1.95 bits per heavy atom. The molecule has 21 heavy (non-hydrogen) atoms. The number of hydrogen-bond donors (Lipinski definition) is 2. The molecule has 0 amide bonds. The van der Waals surface area contributed by atoms with Gasteiger partial charge in [0.05, 0.1) is 0 Å². The van der Waals surface area contributed by atoms with Crippen molar-refractivity contribution in [3.05, 3.63) is 11.9 Å². The topological polar surface area (TPSA) is 59.1 Å². The van der Waals surface area contributed by atoms with E-state index in [1.54, 1.807) is 0 Å². The zero-order valence-electron chi connectivity index (χ0n) is 13.6. The summed E-state index contributed by atoms with van der Waals surface area (Å²) in [6.07, 6.45) is 3.71. The van der Waals surface area contributed by atoms with E-state index >= 15 is 0 Å². The van der Waals surface area contributed by atoms with Crippen LogP contribution < -0.4 is 10.6 Å². The lowest BCUT2D eigenvalue weighted by atomic mass is 9.79. The van der Waals surface area contributed by atoms with Crippen molar-refractivity contribution in [2.45, 2.75) is 52.7 Å². The quantitative estimate of drug-likeness (QED) is 0.842. The highest BCUT2D eigenvalue weighted by Gasteiger charge is 2.24. The van der Waals surface area contributed by atoms with Crippen LogP contribution in [0.25, 0.3) is 0 Å². The van der Waals surface area contributed by atoms with Gasteiger partial charge in [0, 0.05) is 25.8 Å². The molecule has 0 radical (unpaired) electrons. The van der Waals surface area contributed by atoms with Gasteiger partial charge in [0.15, 0.2) is 5.82 Å². The fourth-order valence-corrected chi connectivity index (χ4v) is 2.84. The van der Waals surface area contributed by atoms with Gasteiger partial charge >= 0.3 is 0 Å². The first kappa shape index (κ1) is 16.0. The third-order valence-corrected chi connectivity index (χ3v) is 4.41. The average Bonchev–Trinajstić information content (AvgIpc) is 2.48. The van der Waals surface area contributed by atoms with E-state index < -0.39 is 0 Å². The molecule has 2 rings (SSSR count). The Bertz CT molecular complexity index is 452. The first-order valence-corrected chi connectivity index (χ1v) is 8.02. The van der Waals surface area contributed by atoms with E-state index in [1.165, 1.54) is 19.3 Å². The van der Waals surface area contributed by atoms with Gasteiger partial charge in [-0.25, -0.2) is 9.97 Å². The van der Waals surface area contributed by atoms with Gasteiger partial charge < -0.3 is 15.4 Å². The predicted molar refractivity (Wildman–Crippen MR) is 86.5 cm³/mol. The van der Waals surface area contributed by atoms with Gasteiger partial charge in [-0.3, -0.25) is 0 Å². The van der Waals surface area contributed by atoms with Crippen molar-refractivity contribution >= 4 is 11.6 Å². The van der Waals surface area contributed by atoms with E-state index in [4.69, 9.17) is 4.74 Å². The van der Waals surface area contributed by atoms with Crippen LogP contribution in [-0.2, 0) is 11.3 Å². The highest BCUT2D eigenvalue weighted by atomic mass is 16.5. The Kier molecular flexibility index (Phi) is 5.79. The maximum atomic E-state index is 5.41. The maximum absolute atomic E-state index is 5.41. The molecule has 1 aromatic rings. The molecule has 1 aliphatic rings. The fourth-order valence-electron chi connectivity index (χ4n) is 2.84. The van der Waals surface area contributed by atoms with Gasteiger partial charge in [-0.05, 0) is 38.0 Å². The van der Waals surface area contributed by atoms with Gasteiger partial charge in [-0.1, -0.05) is 13.8 Å². The molecule has 5 nitrogen and oxygen atoms in total. The van der Waals surface area contributed by atoms with Crippen LogP contribution >= 0.6 is 0 Å². The number of nitrogens with zero attached hydrogens (tertiary/aromatic N) is 2. The zero-order valence-corrected chi connectivity index (χ0v) is 13.6. The van der Waals surface area contributed by atoms with Crippen LogP contribution in [0.15, 0.2) is 6.07 Å². The molecule has 118 valence electrons. The Morgan fingerprint density at radius 1 is 1.19 bits per heavy atom. The highest BCUT2D eigenvalue weighted by Crippen LogP contribution is 2.31. The van der Waals surface area contributed by atoms with Crippen LogP contribution in [0.4, 0.5) is 11.6 Å². The lowest BCUT2D eigenvalue weighted by molar-refractivity contribution is 0.128. The molecule has 5 heteroatoms. The summed E-state index contributed by atoms with van der Waals surface area (Å²) in [6.45, 7) is 7.81. The summed E-state index contributed by atoms with van der Waals surface area (Å²) >= 11 is 0. The van der Waals surface area contributed by atoms with Gasteiger partial charge in [0.1, 0.15) is 18.2 Å². The fraction of sp³-hybridized carbons (Fsp3) is 0.750. The summed E-state index contributed by atoms with van der Waals surface area (Å²) in [7, 11) is 1.88. The Labute approximate surface area is 127 Å². The average molecular weight is 292 g/mol. The first-order valence-electron chi connectivity index (χ1n) is 8.02. The van der Waals surface area contributed by atoms with Crippen LogP contribution in [0, 0.1) is 11.8 Å². The van der Waals surface area contributed by atoms with E-state index in [1.807, 2.05) is 20.0 Å². The van der Waals surface area contributed by atoms with E-state index in [9.17, 15) is 0 Å². The summed E-state index contributed by atoms with van der Waals surface area (Å²) in [5.41, 5.74) is 0. The maximum Gasteiger partial charge on any atom is 0.158 e. The lowest BCUT2D eigenvalue weighted by Crippen LogP contribution is -2.30. The van der Waals surface area contributed by atoms with E-state index in [0.29, 0.717) is 19.3 Å². The van der Waals surface area contributed by atoms with Gasteiger partial charge in [-0.15, -0.1) is 0 Å². The second-order valence-electron chi connectivity index (χ2n) is 6.05. The number of ether oxygens (including phenoxy) is 1. The second-order valence-corrected chi connectivity index (χ2v) is 6.05.